The monoisotopic (exact) mass is 437 g/mol. The van der Waals surface area contributed by atoms with Gasteiger partial charge in [-0.15, -0.1) is 0 Å². The van der Waals surface area contributed by atoms with Gasteiger partial charge in [0.1, 0.15) is 5.75 Å². The van der Waals surface area contributed by atoms with Crippen molar-refractivity contribution in [2.45, 2.75) is 71.3 Å². The molecule has 5 heteroatoms. The zero-order valence-electron chi connectivity index (χ0n) is 19.3. The summed E-state index contributed by atoms with van der Waals surface area (Å²) in [7, 11) is 0. The fraction of sp³-hybridized carbons (Fsp3) is 0.481. The quantitative estimate of drug-likeness (QED) is 0.238. The lowest BCUT2D eigenvalue weighted by molar-refractivity contribution is -0.139. The van der Waals surface area contributed by atoms with Gasteiger partial charge in [0.15, 0.2) is 12.7 Å². The van der Waals surface area contributed by atoms with E-state index in [-0.39, 0.29) is 12.7 Å². The maximum absolute atomic E-state index is 10.8. The SMILES string of the molecule is CCCCCC(ON=C(C)CC1CCc2c(cccc2OCC(=O)O)C1)c1ccccc1. The zero-order chi connectivity index (χ0) is 22.8. The summed E-state index contributed by atoms with van der Waals surface area (Å²) in [6.07, 6.45) is 8.28. The Balaban J connectivity index is 1.59. The van der Waals surface area contributed by atoms with Crippen molar-refractivity contribution >= 4 is 11.7 Å². The van der Waals surface area contributed by atoms with Crippen LogP contribution in [0.3, 0.4) is 0 Å². The van der Waals surface area contributed by atoms with Gasteiger partial charge in [-0.3, -0.25) is 0 Å². The Bertz CT molecular complexity index is 894. The Morgan fingerprint density at radius 2 is 1.97 bits per heavy atom. The second kappa shape index (κ2) is 12.3. The number of aliphatic carboxylic acids is 1. The van der Waals surface area contributed by atoms with Crippen LogP contribution in [0.15, 0.2) is 53.7 Å². The number of hydrogen-bond acceptors (Lipinski definition) is 4. The first-order valence-corrected chi connectivity index (χ1v) is 11.8. The molecule has 2 unspecified atom stereocenters. The predicted molar refractivity (Wildman–Crippen MR) is 127 cm³/mol. The molecule has 0 bridgehead atoms. The van der Waals surface area contributed by atoms with Crippen LogP contribution in [0.25, 0.3) is 0 Å². The van der Waals surface area contributed by atoms with Gasteiger partial charge in [-0.1, -0.05) is 67.4 Å². The van der Waals surface area contributed by atoms with Gasteiger partial charge in [0.25, 0.3) is 0 Å². The van der Waals surface area contributed by atoms with Crippen LogP contribution >= 0.6 is 0 Å². The first-order valence-electron chi connectivity index (χ1n) is 11.8. The molecule has 0 spiro atoms. The lowest BCUT2D eigenvalue weighted by atomic mass is 9.81. The highest BCUT2D eigenvalue weighted by atomic mass is 16.6. The molecule has 0 amide bonds. The second-order valence-electron chi connectivity index (χ2n) is 8.72. The number of oxime groups is 1. The topological polar surface area (TPSA) is 68.1 Å². The molecule has 5 nitrogen and oxygen atoms in total. The highest BCUT2D eigenvalue weighted by molar-refractivity contribution is 5.81. The maximum atomic E-state index is 10.8. The van der Waals surface area contributed by atoms with Gasteiger partial charge < -0.3 is 14.7 Å². The van der Waals surface area contributed by atoms with E-state index in [4.69, 9.17) is 14.7 Å². The van der Waals surface area contributed by atoms with Crippen LogP contribution < -0.4 is 4.74 Å². The van der Waals surface area contributed by atoms with Crippen molar-refractivity contribution in [1.29, 1.82) is 0 Å². The number of carbonyl (C=O) groups is 1. The van der Waals surface area contributed by atoms with Crippen molar-refractivity contribution in [2.24, 2.45) is 11.1 Å². The fourth-order valence-electron chi connectivity index (χ4n) is 4.43. The highest BCUT2D eigenvalue weighted by Crippen LogP contribution is 2.34. The number of benzene rings is 2. The summed E-state index contributed by atoms with van der Waals surface area (Å²) in [5.74, 6) is 0.251. The van der Waals surface area contributed by atoms with Gasteiger partial charge in [-0.25, -0.2) is 4.79 Å². The molecule has 0 aromatic heterocycles. The molecule has 3 rings (SSSR count). The van der Waals surface area contributed by atoms with Gasteiger partial charge in [0.2, 0.25) is 0 Å². The lowest BCUT2D eigenvalue weighted by Gasteiger charge is -2.26. The average molecular weight is 438 g/mol. The van der Waals surface area contributed by atoms with Crippen LogP contribution in [0, 0.1) is 5.92 Å². The van der Waals surface area contributed by atoms with Crippen molar-refractivity contribution in [2.75, 3.05) is 6.61 Å². The Morgan fingerprint density at radius 3 is 2.72 bits per heavy atom. The van der Waals surface area contributed by atoms with E-state index in [1.54, 1.807) is 0 Å². The second-order valence-corrected chi connectivity index (χ2v) is 8.72. The molecule has 1 aliphatic carbocycles. The van der Waals surface area contributed by atoms with E-state index in [1.807, 2.05) is 18.2 Å². The van der Waals surface area contributed by atoms with E-state index >= 15 is 0 Å². The van der Waals surface area contributed by atoms with Crippen molar-refractivity contribution in [3.63, 3.8) is 0 Å². The van der Waals surface area contributed by atoms with Gasteiger partial charge in [0.05, 0.1) is 5.71 Å². The molecule has 0 heterocycles. The molecule has 0 saturated carbocycles. The van der Waals surface area contributed by atoms with E-state index in [2.05, 4.69) is 49.3 Å². The van der Waals surface area contributed by atoms with E-state index in [0.29, 0.717) is 11.7 Å². The smallest absolute Gasteiger partial charge is 0.341 e. The number of ether oxygens (including phenoxy) is 1. The molecule has 0 radical (unpaired) electrons. The summed E-state index contributed by atoms with van der Waals surface area (Å²) in [6, 6.07) is 16.3. The minimum Gasteiger partial charge on any atom is -0.482 e. The Labute approximate surface area is 191 Å². The molecule has 1 aliphatic rings. The molecule has 2 aromatic carbocycles. The van der Waals surface area contributed by atoms with Crippen LogP contribution in [-0.2, 0) is 22.5 Å². The molecular formula is C27H35NO4. The van der Waals surface area contributed by atoms with Gasteiger partial charge in [-0.05, 0) is 74.1 Å². The minimum atomic E-state index is -0.952. The Kier molecular flexibility index (Phi) is 9.14. The summed E-state index contributed by atoms with van der Waals surface area (Å²) in [4.78, 5) is 16.9. The number of hydrogen-bond donors (Lipinski definition) is 1. The van der Waals surface area contributed by atoms with Gasteiger partial charge >= 0.3 is 5.97 Å². The van der Waals surface area contributed by atoms with E-state index < -0.39 is 5.97 Å². The third-order valence-electron chi connectivity index (χ3n) is 6.05. The summed E-state index contributed by atoms with van der Waals surface area (Å²) >= 11 is 0. The standard InChI is InChI=1S/C27H35NO4/c1-3-4-6-13-25(22-10-7-5-8-11-22)32-28-20(2)17-21-15-16-24-23(18-21)12-9-14-26(24)31-19-27(29)30/h5,7-12,14,21,25H,3-4,6,13,15-19H2,1-2H3,(H,29,30). The molecule has 0 saturated heterocycles. The first-order chi connectivity index (χ1) is 15.6. The van der Waals surface area contributed by atoms with Crippen molar-refractivity contribution < 1.29 is 19.5 Å². The molecule has 32 heavy (non-hydrogen) atoms. The number of fused-ring (bicyclic) bond motifs is 1. The van der Waals surface area contributed by atoms with E-state index in [9.17, 15) is 4.79 Å². The maximum Gasteiger partial charge on any atom is 0.341 e. The van der Waals surface area contributed by atoms with Crippen molar-refractivity contribution in [1.82, 2.24) is 0 Å². The van der Waals surface area contributed by atoms with Crippen LogP contribution in [0.1, 0.15) is 75.2 Å². The highest BCUT2D eigenvalue weighted by Gasteiger charge is 2.22. The molecule has 0 fully saturated rings. The molecular weight excluding hydrogens is 402 g/mol. The number of unbranched alkanes of at least 4 members (excludes halogenated alkanes) is 2. The largest absolute Gasteiger partial charge is 0.482 e. The normalized spacial score (nSPS) is 16.8. The van der Waals surface area contributed by atoms with Crippen LogP contribution in [0.4, 0.5) is 0 Å². The number of rotatable bonds is 12. The van der Waals surface area contributed by atoms with Crippen LogP contribution in [-0.4, -0.2) is 23.4 Å². The Hall–Kier alpha value is -2.82. The molecule has 172 valence electrons. The summed E-state index contributed by atoms with van der Waals surface area (Å²) in [5, 5.41) is 13.4. The molecule has 2 aromatic rings. The first kappa shape index (κ1) is 23.8. The van der Waals surface area contributed by atoms with Gasteiger partial charge in [-0.2, -0.15) is 0 Å². The van der Waals surface area contributed by atoms with Crippen molar-refractivity contribution in [3.8, 4) is 5.75 Å². The molecule has 1 N–H and O–H groups in total. The third kappa shape index (κ3) is 7.11. The van der Waals surface area contributed by atoms with Crippen molar-refractivity contribution in [3.05, 3.63) is 65.2 Å². The minimum absolute atomic E-state index is 0.00118. The number of carboxylic acids is 1. The fourth-order valence-corrected chi connectivity index (χ4v) is 4.43. The zero-order valence-corrected chi connectivity index (χ0v) is 19.3. The predicted octanol–water partition coefficient (Wildman–Crippen LogP) is 6.36. The number of carboxylic acid groups (broad SMARTS) is 1. The van der Waals surface area contributed by atoms with Gasteiger partial charge in [0, 0.05) is 0 Å². The third-order valence-corrected chi connectivity index (χ3v) is 6.05. The van der Waals surface area contributed by atoms with Crippen LogP contribution in [0.5, 0.6) is 5.75 Å². The Morgan fingerprint density at radius 1 is 1.16 bits per heavy atom. The molecule has 2 atom stereocenters. The van der Waals surface area contributed by atoms with E-state index in [0.717, 1.165) is 49.8 Å². The van der Waals surface area contributed by atoms with E-state index in [1.165, 1.54) is 24.0 Å². The van der Waals surface area contributed by atoms with Crippen LogP contribution in [0.2, 0.25) is 0 Å². The summed E-state index contributed by atoms with van der Waals surface area (Å²) < 4.78 is 5.49. The summed E-state index contributed by atoms with van der Waals surface area (Å²) in [5.41, 5.74) is 4.60. The lowest BCUT2D eigenvalue weighted by Crippen LogP contribution is -2.19. The average Bonchev–Trinajstić information content (AvgIpc) is 2.80. The summed E-state index contributed by atoms with van der Waals surface area (Å²) in [6.45, 7) is 3.96. The molecule has 0 aliphatic heterocycles. The number of nitrogens with zero attached hydrogens (tertiary/aromatic N) is 1.